The average molecular weight is 238 g/mol. The summed E-state index contributed by atoms with van der Waals surface area (Å²) in [5.74, 6) is 0. The van der Waals surface area contributed by atoms with Crippen LogP contribution < -0.4 is 5.32 Å². The number of nitrogens with one attached hydrogen (secondary N) is 1. The van der Waals surface area contributed by atoms with Gasteiger partial charge in [-0.3, -0.25) is 4.68 Å². The highest BCUT2D eigenvalue weighted by molar-refractivity contribution is 4.93. The Hall–Kier alpha value is -0.940. The Bertz CT molecular complexity index is 344. The molecule has 0 amide bonds. The van der Waals surface area contributed by atoms with Crippen molar-refractivity contribution in [2.24, 2.45) is 12.5 Å². The van der Waals surface area contributed by atoms with Crippen LogP contribution in [0.25, 0.3) is 0 Å². The summed E-state index contributed by atoms with van der Waals surface area (Å²) in [4.78, 5) is 0. The molecule has 0 unspecified atom stereocenters. The van der Waals surface area contributed by atoms with Crippen molar-refractivity contribution in [3.8, 4) is 0 Å². The van der Waals surface area contributed by atoms with Crippen LogP contribution in [0.15, 0.2) is 6.20 Å². The highest BCUT2D eigenvalue weighted by Gasteiger charge is 2.30. The van der Waals surface area contributed by atoms with Gasteiger partial charge >= 0.3 is 0 Å². The van der Waals surface area contributed by atoms with Gasteiger partial charge in [0.15, 0.2) is 0 Å². The van der Waals surface area contributed by atoms with Crippen molar-refractivity contribution in [1.29, 1.82) is 0 Å². The summed E-state index contributed by atoms with van der Waals surface area (Å²) < 4.78 is 1.78. The minimum absolute atomic E-state index is 0.101. The normalized spacial score (nSPS) is 19.4. The molecule has 0 spiro atoms. The molecule has 0 radical (unpaired) electrons. The number of aromatic nitrogens is 3. The summed E-state index contributed by atoms with van der Waals surface area (Å²) in [7, 11) is 1.90. The molecule has 0 bridgehead atoms. The third-order valence-corrected chi connectivity index (χ3v) is 3.86. The molecule has 0 saturated heterocycles. The van der Waals surface area contributed by atoms with Crippen LogP contribution in [0.3, 0.4) is 0 Å². The lowest BCUT2D eigenvalue weighted by molar-refractivity contribution is 0.0809. The molecule has 1 heterocycles. The SMILES string of the molecule is Cn1nncc1CNCC1(CO)CCCCC1. The van der Waals surface area contributed by atoms with Gasteiger partial charge in [-0.1, -0.05) is 24.5 Å². The van der Waals surface area contributed by atoms with E-state index >= 15 is 0 Å². The first kappa shape index (κ1) is 12.5. The highest BCUT2D eigenvalue weighted by Crippen LogP contribution is 2.35. The molecular formula is C12H22N4O. The third kappa shape index (κ3) is 3.04. The Morgan fingerprint density at radius 3 is 2.76 bits per heavy atom. The van der Waals surface area contributed by atoms with E-state index in [9.17, 15) is 5.11 Å². The maximum Gasteiger partial charge on any atom is 0.0738 e. The van der Waals surface area contributed by atoms with Crippen molar-refractivity contribution in [3.05, 3.63) is 11.9 Å². The third-order valence-electron chi connectivity index (χ3n) is 3.86. The van der Waals surface area contributed by atoms with Gasteiger partial charge < -0.3 is 10.4 Å². The predicted molar refractivity (Wildman–Crippen MR) is 65.3 cm³/mol. The molecule has 0 aromatic carbocycles. The van der Waals surface area contributed by atoms with Crippen LogP contribution in [0.5, 0.6) is 0 Å². The number of nitrogens with zero attached hydrogens (tertiary/aromatic N) is 3. The van der Waals surface area contributed by atoms with E-state index in [1.54, 1.807) is 10.9 Å². The zero-order valence-electron chi connectivity index (χ0n) is 10.5. The van der Waals surface area contributed by atoms with Gasteiger partial charge in [0.2, 0.25) is 0 Å². The van der Waals surface area contributed by atoms with Gasteiger partial charge in [-0.2, -0.15) is 0 Å². The molecule has 1 fully saturated rings. The molecule has 0 atom stereocenters. The lowest BCUT2D eigenvalue weighted by Gasteiger charge is -2.35. The first-order chi connectivity index (χ1) is 8.26. The summed E-state index contributed by atoms with van der Waals surface area (Å²) in [6.45, 7) is 1.95. The van der Waals surface area contributed by atoms with E-state index in [2.05, 4.69) is 15.6 Å². The maximum absolute atomic E-state index is 9.58. The molecule has 17 heavy (non-hydrogen) atoms. The number of hydrogen-bond acceptors (Lipinski definition) is 4. The Morgan fingerprint density at radius 1 is 1.41 bits per heavy atom. The number of rotatable bonds is 5. The van der Waals surface area contributed by atoms with Gasteiger partial charge in [0, 0.05) is 32.2 Å². The number of aliphatic hydroxyl groups is 1. The first-order valence-corrected chi connectivity index (χ1v) is 6.41. The smallest absolute Gasteiger partial charge is 0.0738 e. The van der Waals surface area contributed by atoms with Crippen molar-refractivity contribution in [1.82, 2.24) is 20.3 Å². The Balaban J connectivity index is 1.82. The van der Waals surface area contributed by atoms with E-state index in [0.717, 1.165) is 31.6 Å². The Labute approximate surface area is 102 Å². The molecule has 5 heteroatoms. The van der Waals surface area contributed by atoms with Crippen molar-refractivity contribution in [2.75, 3.05) is 13.2 Å². The van der Waals surface area contributed by atoms with Gasteiger partial charge in [0.25, 0.3) is 0 Å². The van der Waals surface area contributed by atoms with E-state index in [0.29, 0.717) is 6.61 Å². The zero-order chi connectivity index (χ0) is 12.1. The van der Waals surface area contributed by atoms with Gasteiger partial charge in [-0.05, 0) is 12.8 Å². The monoisotopic (exact) mass is 238 g/mol. The molecule has 1 aliphatic rings. The number of aryl methyl sites for hydroxylation is 1. The van der Waals surface area contributed by atoms with Gasteiger partial charge in [0.1, 0.15) is 0 Å². The second-order valence-electron chi connectivity index (χ2n) is 5.17. The van der Waals surface area contributed by atoms with Crippen molar-refractivity contribution < 1.29 is 5.11 Å². The fraction of sp³-hybridized carbons (Fsp3) is 0.833. The first-order valence-electron chi connectivity index (χ1n) is 6.41. The molecule has 2 N–H and O–H groups in total. The van der Waals surface area contributed by atoms with Gasteiger partial charge in [-0.15, -0.1) is 5.10 Å². The standard InChI is InChI=1S/C12H22N4O/c1-16-11(8-14-15-16)7-13-9-12(10-17)5-3-2-4-6-12/h8,13,17H,2-7,9-10H2,1H3. The summed E-state index contributed by atoms with van der Waals surface area (Å²) in [5.41, 5.74) is 1.18. The van der Waals surface area contributed by atoms with E-state index in [1.165, 1.54) is 19.3 Å². The fourth-order valence-corrected chi connectivity index (χ4v) is 2.62. The molecule has 1 aliphatic carbocycles. The van der Waals surface area contributed by atoms with Crippen LogP contribution in [-0.2, 0) is 13.6 Å². The molecule has 1 saturated carbocycles. The van der Waals surface area contributed by atoms with Crippen LogP contribution in [0, 0.1) is 5.41 Å². The summed E-state index contributed by atoms with van der Waals surface area (Å²) in [6.07, 6.45) is 7.86. The minimum atomic E-state index is 0.101. The van der Waals surface area contributed by atoms with Crippen molar-refractivity contribution in [3.63, 3.8) is 0 Å². The Morgan fingerprint density at radius 2 is 2.18 bits per heavy atom. The minimum Gasteiger partial charge on any atom is -0.396 e. The molecule has 1 aromatic heterocycles. The average Bonchev–Trinajstić information content (AvgIpc) is 2.76. The molecule has 2 rings (SSSR count). The van der Waals surface area contributed by atoms with Gasteiger partial charge in [0.05, 0.1) is 11.9 Å². The maximum atomic E-state index is 9.58. The topological polar surface area (TPSA) is 63.0 Å². The predicted octanol–water partition coefficient (Wildman–Crippen LogP) is 0.847. The highest BCUT2D eigenvalue weighted by atomic mass is 16.3. The van der Waals surface area contributed by atoms with Crippen molar-refractivity contribution in [2.45, 2.75) is 38.6 Å². The molecule has 96 valence electrons. The van der Waals surface area contributed by atoms with E-state index < -0.39 is 0 Å². The molecule has 0 aliphatic heterocycles. The summed E-state index contributed by atoms with van der Waals surface area (Å²) in [6, 6.07) is 0. The quantitative estimate of drug-likeness (QED) is 0.798. The molecule has 1 aromatic rings. The summed E-state index contributed by atoms with van der Waals surface area (Å²) in [5, 5.41) is 20.8. The van der Waals surface area contributed by atoms with Crippen LogP contribution >= 0.6 is 0 Å². The number of aliphatic hydroxyl groups excluding tert-OH is 1. The van der Waals surface area contributed by atoms with Crippen LogP contribution in [0.2, 0.25) is 0 Å². The van der Waals surface area contributed by atoms with E-state index in [1.807, 2.05) is 7.05 Å². The zero-order valence-corrected chi connectivity index (χ0v) is 10.5. The second-order valence-corrected chi connectivity index (χ2v) is 5.17. The lowest BCUT2D eigenvalue weighted by Crippen LogP contribution is -2.39. The molecular weight excluding hydrogens is 216 g/mol. The van der Waals surface area contributed by atoms with E-state index in [4.69, 9.17) is 0 Å². The van der Waals surface area contributed by atoms with Crippen LogP contribution in [0.4, 0.5) is 0 Å². The van der Waals surface area contributed by atoms with Crippen molar-refractivity contribution >= 4 is 0 Å². The van der Waals surface area contributed by atoms with E-state index in [-0.39, 0.29) is 5.41 Å². The lowest BCUT2D eigenvalue weighted by atomic mass is 9.74. The van der Waals surface area contributed by atoms with Gasteiger partial charge in [-0.25, -0.2) is 0 Å². The number of hydrogen-bond donors (Lipinski definition) is 2. The van der Waals surface area contributed by atoms with Crippen LogP contribution in [-0.4, -0.2) is 33.3 Å². The Kier molecular flexibility index (Phi) is 4.12. The summed E-state index contributed by atoms with van der Waals surface area (Å²) >= 11 is 0. The van der Waals surface area contributed by atoms with Crippen LogP contribution in [0.1, 0.15) is 37.8 Å². The largest absolute Gasteiger partial charge is 0.396 e. The molecule has 5 nitrogen and oxygen atoms in total. The fourth-order valence-electron chi connectivity index (χ4n) is 2.62. The second kappa shape index (κ2) is 5.60.